The van der Waals surface area contributed by atoms with Crippen LogP contribution in [-0.4, -0.2) is 57.3 Å². The highest BCUT2D eigenvalue weighted by molar-refractivity contribution is 5.92. The van der Waals surface area contributed by atoms with E-state index in [2.05, 4.69) is 33.5 Å². The third-order valence-corrected chi connectivity index (χ3v) is 4.99. The van der Waals surface area contributed by atoms with Gasteiger partial charge in [-0.1, -0.05) is 12.8 Å². The van der Waals surface area contributed by atoms with Gasteiger partial charge in [-0.05, 0) is 38.1 Å². The Bertz CT molecular complexity index is 564. The second kappa shape index (κ2) is 7.75. The average molecular weight is 332 g/mol. The summed E-state index contributed by atoms with van der Waals surface area (Å²) in [5, 5.41) is 6.02. The standard InChI is InChI=1S/C18H28N4O2/c1-21-9-11-22(12-10-21)15-7-8-17(24-2)16(13-15)20-18(23)19-14-5-3-4-6-14/h7-8,13-14H,3-6,9-12H2,1-2H3,(H2,19,20,23). The van der Waals surface area contributed by atoms with Gasteiger partial charge in [-0.15, -0.1) is 0 Å². The molecule has 1 saturated carbocycles. The Morgan fingerprint density at radius 2 is 1.88 bits per heavy atom. The largest absolute Gasteiger partial charge is 0.495 e. The van der Waals surface area contributed by atoms with Crippen molar-refractivity contribution in [1.29, 1.82) is 0 Å². The van der Waals surface area contributed by atoms with Gasteiger partial charge in [0.05, 0.1) is 12.8 Å². The van der Waals surface area contributed by atoms with Crippen molar-refractivity contribution in [3.05, 3.63) is 18.2 Å². The molecule has 1 aliphatic heterocycles. The summed E-state index contributed by atoms with van der Waals surface area (Å²) >= 11 is 0. The van der Waals surface area contributed by atoms with Crippen LogP contribution < -0.4 is 20.3 Å². The van der Waals surface area contributed by atoms with Crippen LogP contribution in [0.25, 0.3) is 0 Å². The van der Waals surface area contributed by atoms with Gasteiger partial charge in [0, 0.05) is 37.9 Å². The molecule has 0 aromatic heterocycles. The number of likely N-dealkylation sites (N-methyl/N-ethyl adjacent to an activating group) is 1. The van der Waals surface area contributed by atoms with Gasteiger partial charge in [0.15, 0.2) is 0 Å². The predicted molar refractivity (Wildman–Crippen MR) is 97.1 cm³/mol. The van der Waals surface area contributed by atoms with E-state index in [1.165, 1.54) is 12.8 Å². The highest BCUT2D eigenvalue weighted by atomic mass is 16.5. The molecule has 2 aliphatic rings. The predicted octanol–water partition coefficient (Wildman–Crippen LogP) is 2.51. The Morgan fingerprint density at radius 1 is 1.17 bits per heavy atom. The average Bonchev–Trinajstić information content (AvgIpc) is 3.08. The van der Waals surface area contributed by atoms with Crippen LogP contribution in [0.5, 0.6) is 5.75 Å². The number of ether oxygens (including phenoxy) is 1. The fourth-order valence-corrected chi connectivity index (χ4v) is 3.47. The van der Waals surface area contributed by atoms with Crippen LogP contribution in [0.15, 0.2) is 18.2 Å². The Balaban J connectivity index is 1.68. The summed E-state index contributed by atoms with van der Waals surface area (Å²) < 4.78 is 5.41. The number of rotatable bonds is 4. The molecule has 6 nitrogen and oxygen atoms in total. The van der Waals surface area contributed by atoms with Gasteiger partial charge in [-0.2, -0.15) is 0 Å². The van der Waals surface area contributed by atoms with E-state index in [9.17, 15) is 4.79 Å². The summed E-state index contributed by atoms with van der Waals surface area (Å²) in [5.74, 6) is 0.689. The summed E-state index contributed by atoms with van der Waals surface area (Å²) in [6, 6.07) is 6.16. The zero-order chi connectivity index (χ0) is 16.9. The van der Waals surface area contributed by atoms with E-state index >= 15 is 0 Å². The fraction of sp³-hybridized carbons (Fsp3) is 0.611. The summed E-state index contributed by atoms with van der Waals surface area (Å²) in [6.45, 7) is 4.10. The Kier molecular flexibility index (Phi) is 5.45. The molecule has 1 aromatic carbocycles. The minimum atomic E-state index is -0.143. The maximum Gasteiger partial charge on any atom is 0.319 e. The van der Waals surface area contributed by atoms with Crippen LogP contribution in [0, 0.1) is 0 Å². The zero-order valence-electron chi connectivity index (χ0n) is 14.7. The first kappa shape index (κ1) is 16.9. The second-order valence-electron chi connectivity index (χ2n) is 6.75. The molecule has 1 aromatic rings. The number of benzene rings is 1. The molecule has 1 heterocycles. The highest BCUT2D eigenvalue weighted by Gasteiger charge is 2.19. The van der Waals surface area contributed by atoms with Crippen molar-refractivity contribution in [2.24, 2.45) is 0 Å². The monoisotopic (exact) mass is 332 g/mol. The summed E-state index contributed by atoms with van der Waals surface area (Å²) in [4.78, 5) is 16.9. The summed E-state index contributed by atoms with van der Waals surface area (Å²) in [6.07, 6.45) is 4.55. The lowest BCUT2D eigenvalue weighted by Gasteiger charge is -2.34. The molecule has 3 rings (SSSR count). The van der Waals surface area contributed by atoms with Gasteiger partial charge in [0.25, 0.3) is 0 Å². The van der Waals surface area contributed by atoms with Gasteiger partial charge in [-0.25, -0.2) is 4.79 Å². The van der Waals surface area contributed by atoms with E-state index in [0.29, 0.717) is 11.8 Å². The maximum absolute atomic E-state index is 12.3. The van der Waals surface area contributed by atoms with Crippen LogP contribution in [-0.2, 0) is 0 Å². The molecule has 0 atom stereocenters. The number of hydrogen-bond donors (Lipinski definition) is 2. The summed E-state index contributed by atoms with van der Waals surface area (Å²) in [5.41, 5.74) is 1.85. The zero-order valence-corrected chi connectivity index (χ0v) is 14.7. The molecule has 1 aliphatic carbocycles. The first-order valence-corrected chi connectivity index (χ1v) is 8.85. The quantitative estimate of drug-likeness (QED) is 0.889. The Morgan fingerprint density at radius 3 is 2.54 bits per heavy atom. The van der Waals surface area contributed by atoms with E-state index in [1.54, 1.807) is 7.11 Å². The molecule has 0 radical (unpaired) electrons. The van der Waals surface area contributed by atoms with E-state index in [1.807, 2.05) is 12.1 Å². The number of nitrogens with zero attached hydrogens (tertiary/aromatic N) is 2. The number of amides is 2. The van der Waals surface area contributed by atoms with E-state index in [0.717, 1.165) is 50.4 Å². The van der Waals surface area contributed by atoms with Crippen molar-refractivity contribution in [3.63, 3.8) is 0 Å². The minimum absolute atomic E-state index is 0.143. The second-order valence-corrected chi connectivity index (χ2v) is 6.75. The van der Waals surface area contributed by atoms with Gasteiger partial charge in [-0.3, -0.25) is 0 Å². The number of methoxy groups -OCH3 is 1. The van der Waals surface area contributed by atoms with E-state index < -0.39 is 0 Å². The lowest BCUT2D eigenvalue weighted by Crippen LogP contribution is -2.44. The smallest absolute Gasteiger partial charge is 0.319 e. The summed E-state index contributed by atoms with van der Waals surface area (Å²) in [7, 11) is 3.77. The molecule has 0 spiro atoms. The first-order valence-electron chi connectivity index (χ1n) is 8.85. The molecule has 24 heavy (non-hydrogen) atoms. The topological polar surface area (TPSA) is 56.8 Å². The van der Waals surface area contributed by atoms with E-state index in [4.69, 9.17) is 4.74 Å². The number of carbonyl (C=O) groups is 1. The Labute approximate surface area is 144 Å². The van der Waals surface area contributed by atoms with Crippen molar-refractivity contribution in [1.82, 2.24) is 10.2 Å². The van der Waals surface area contributed by atoms with Crippen LogP contribution in [0.2, 0.25) is 0 Å². The number of carbonyl (C=O) groups excluding carboxylic acids is 1. The van der Waals surface area contributed by atoms with Crippen LogP contribution >= 0.6 is 0 Å². The number of piperazine rings is 1. The molecular formula is C18H28N4O2. The van der Waals surface area contributed by atoms with Crippen molar-refractivity contribution < 1.29 is 9.53 Å². The highest BCUT2D eigenvalue weighted by Crippen LogP contribution is 2.30. The molecule has 2 amide bonds. The minimum Gasteiger partial charge on any atom is -0.495 e. The van der Waals surface area contributed by atoms with Crippen LogP contribution in [0.3, 0.4) is 0 Å². The molecule has 132 valence electrons. The number of anilines is 2. The molecule has 2 fully saturated rings. The molecule has 0 bridgehead atoms. The molecule has 1 saturated heterocycles. The normalized spacial score (nSPS) is 19.3. The first-order chi connectivity index (χ1) is 11.7. The van der Waals surface area contributed by atoms with Crippen LogP contribution in [0.4, 0.5) is 16.2 Å². The SMILES string of the molecule is COc1ccc(N2CCN(C)CC2)cc1NC(=O)NC1CCCC1. The molecule has 2 N–H and O–H groups in total. The van der Waals surface area contributed by atoms with Crippen molar-refractivity contribution in [3.8, 4) is 5.75 Å². The maximum atomic E-state index is 12.3. The fourth-order valence-electron chi connectivity index (χ4n) is 3.47. The lowest BCUT2D eigenvalue weighted by molar-refractivity contribution is 0.248. The number of hydrogen-bond acceptors (Lipinski definition) is 4. The Hall–Kier alpha value is -1.95. The molecule has 0 unspecified atom stereocenters. The molecular weight excluding hydrogens is 304 g/mol. The van der Waals surface area contributed by atoms with Gasteiger partial charge < -0.3 is 25.2 Å². The van der Waals surface area contributed by atoms with Gasteiger partial charge in [0.2, 0.25) is 0 Å². The van der Waals surface area contributed by atoms with Crippen molar-refractivity contribution in [2.45, 2.75) is 31.7 Å². The lowest BCUT2D eigenvalue weighted by atomic mass is 10.2. The van der Waals surface area contributed by atoms with Gasteiger partial charge >= 0.3 is 6.03 Å². The third kappa shape index (κ3) is 4.12. The number of nitrogens with one attached hydrogen (secondary N) is 2. The van der Waals surface area contributed by atoms with Crippen molar-refractivity contribution >= 4 is 17.4 Å². The van der Waals surface area contributed by atoms with E-state index in [-0.39, 0.29) is 6.03 Å². The number of urea groups is 1. The van der Waals surface area contributed by atoms with Crippen molar-refractivity contribution in [2.75, 3.05) is 50.6 Å². The third-order valence-electron chi connectivity index (χ3n) is 4.99. The molecule has 6 heteroatoms. The van der Waals surface area contributed by atoms with Gasteiger partial charge in [0.1, 0.15) is 5.75 Å². The van der Waals surface area contributed by atoms with Crippen LogP contribution in [0.1, 0.15) is 25.7 Å².